The SMILES string of the molecule is COc1ccc([C@H]2Oc3cc(O)cc(O)c3C(=O)[C@@H]2O)cc1. The molecule has 2 atom stereocenters. The topological polar surface area (TPSA) is 96.2 Å². The van der Waals surface area contributed by atoms with Crippen molar-refractivity contribution in [2.24, 2.45) is 0 Å². The minimum atomic E-state index is -1.45. The number of aliphatic hydroxyl groups excluding tert-OH is 1. The van der Waals surface area contributed by atoms with Crippen LogP contribution in [0.15, 0.2) is 36.4 Å². The molecule has 2 aromatic rings. The van der Waals surface area contributed by atoms with Crippen molar-refractivity contribution < 1.29 is 29.6 Å². The van der Waals surface area contributed by atoms with Crippen molar-refractivity contribution in [3.05, 3.63) is 47.5 Å². The van der Waals surface area contributed by atoms with E-state index in [2.05, 4.69) is 0 Å². The van der Waals surface area contributed by atoms with Gasteiger partial charge in [0.15, 0.2) is 12.2 Å². The Morgan fingerprint density at radius 1 is 1.14 bits per heavy atom. The molecule has 0 aromatic heterocycles. The van der Waals surface area contributed by atoms with Gasteiger partial charge < -0.3 is 24.8 Å². The summed E-state index contributed by atoms with van der Waals surface area (Å²) in [4.78, 5) is 12.3. The Morgan fingerprint density at radius 2 is 1.82 bits per heavy atom. The Balaban J connectivity index is 2.02. The van der Waals surface area contributed by atoms with Crippen molar-refractivity contribution in [1.29, 1.82) is 0 Å². The van der Waals surface area contributed by atoms with Crippen LogP contribution in [0.1, 0.15) is 22.0 Å². The number of Topliss-reactive ketones (excluding diaryl/α,β-unsaturated/α-hetero) is 1. The van der Waals surface area contributed by atoms with Crippen molar-refractivity contribution >= 4 is 5.78 Å². The van der Waals surface area contributed by atoms with Gasteiger partial charge in [0.1, 0.15) is 28.6 Å². The van der Waals surface area contributed by atoms with E-state index in [1.165, 1.54) is 13.2 Å². The Bertz CT molecular complexity index is 722. The maximum absolute atomic E-state index is 12.3. The van der Waals surface area contributed by atoms with Gasteiger partial charge in [-0.2, -0.15) is 0 Å². The molecule has 3 rings (SSSR count). The van der Waals surface area contributed by atoms with Gasteiger partial charge >= 0.3 is 0 Å². The van der Waals surface area contributed by atoms with Crippen LogP contribution in [0.4, 0.5) is 0 Å². The first-order valence-electron chi connectivity index (χ1n) is 6.60. The van der Waals surface area contributed by atoms with E-state index < -0.39 is 23.7 Å². The zero-order chi connectivity index (χ0) is 15.9. The van der Waals surface area contributed by atoms with Crippen LogP contribution in [0.2, 0.25) is 0 Å². The van der Waals surface area contributed by atoms with Crippen molar-refractivity contribution in [2.75, 3.05) is 7.11 Å². The highest BCUT2D eigenvalue weighted by atomic mass is 16.5. The van der Waals surface area contributed by atoms with Gasteiger partial charge in [0.25, 0.3) is 0 Å². The largest absolute Gasteiger partial charge is 0.508 e. The summed E-state index contributed by atoms with van der Waals surface area (Å²) in [6.45, 7) is 0. The Morgan fingerprint density at radius 3 is 2.45 bits per heavy atom. The molecule has 1 aliphatic heterocycles. The van der Waals surface area contributed by atoms with Crippen LogP contribution < -0.4 is 9.47 Å². The molecule has 1 heterocycles. The summed E-state index contributed by atoms with van der Waals surface area (Å²) in [5.74, 6) is -0.634. The fourth-order valence-electron chi connectivity index (χ4n) is 2.46. The van der Waals surface area contributed by atoms with Gasteiger partial charge in [0, 0.05) is 12.1 Å². The number of phenols is 2. The number of aromatic hydroxyl groups is 2. The van der Waals surface area contributed by atoms with Gasteiger partial charge in [-0.1, -0.05) is 12.1 Å². The minimum absolute atomic E-state index is 0.0358. The Kier molecular flexibility index (Phi) is 3.38. The highest BCUT2D eigenvalue weighted by Crippen LogP contribution is 2.41. The molecule has 0 fully saturated rings. The Labute approximate surface area is 126 Å². The van der Waals surface area contributed by atoms with Gasteiger partial charge in [-0.3, -0.25) is 4.79 Å². The lowest BCUT2D eigenvalue weighted by atomic mass is 9.93. The second kappa shape index (κ2) is 5.23. The lowest BCUT2D eigenvalue weighted by Crippen LogP contribution is -2.36. The van der Waals surface area contributed by atoms with E-state index in [1.807, 2.05) is 0 Å². The van der Waals surface area contributed by atoms with Crippen molar-refractivity contribution in [3.63, 3.8) is 0 Å². The van der Waals surface area contributed by atoms with Gasteiger partial charge in [0.05, 0.1) is 7.11 Å². The standard InChI is InChI=1S/C16H14O6/c1-21-10-4-2-8(3-5-10)16-15(20)14(19)13-11(18)6-9(17)7-12(13)22-16/h2-7,15-18,20H,1H3/t15-,16+/m0/s1. The zero-order valence-corrected chi connectivity index (χ0v) is 11.7. The molecule has 6 heteroatoms. The van der Waals surface area contributed by atoms with Gasteiger partial charge in [-0.15, -0.1) is 0 Å². The minimum Gasteiger partial charge on any atom is -0.508 e. The molecule has 0 saturated heterocycles. The average Bonchev–Trinajstić information content (AvgIpc) is 2.50. The number of hydrogen-bond acceptors (Lipinski definition) is 6. The number of methoxy groups -OCH3 is 1. The predicted octanol–water partition coefficient (Wildman–Crippen LogP) is 1.78. The number of carbonyl (C=O) groups excluding carboxylic acids is 1. The van der Waals surface area contributed by atoms with Gasteiger partial charge in [0.2, 0.25) is 5.78 Å². The van der Waals surface area contributed by atoms with Crippen LogP contribution in [-0.4, -0.2) is 34.3 Å². The lowest BCUT2D eigenvalue weighted by molar-refractivity contribution is 0.0210. The summed E-state index contributed by atoms with van der Waals surface area (Å²) in [5.41, 5.74) is 0.449. The molecular weight excluding hydrogens is 288 g/mol. The number of hydrogen-bond donors (Lipinski definition) is 3. The second-order valence-corrected chi connectivity index (χ2v) is 4.96. The first kappa shape index (κ1) is 14.2. The lowest BCUT2D eigenvalue weighted by Gasteiger charge is -2.30. The molecule has 2 aromatic carbocycles. The molecule has 22 heavy (non-hydrogen) atoms. The van der Waals surface area contributed by atoms with E-state index in [4.69, 9.17) is 9.47 Å². The fraction of sp³-hybridized carbons (Fsp3) is 0.188. The summed E-state index contributed by atoms with van der Waals surface area (Å²) in [5, 5.41) is 29.5. The molecule has 114 valence electrons. The number of fused-ring (bicyclic) bond motifs is 1. The predicted molar refractivity (Wildman–Crippen MR) is 76.5 cm³/mol. The maximum Gasteiger partial charge on any atom is 0.202 e. The normalized spacial score (nSPS) is 20.2. The van der Waals surface area contributed by atoms with Crippen molar-refractivity contribution in [3.8, 4) is 23.0 Å². The Hall–Kier alpha value is -2.73. The molecule has 0 aliphatic carbocycles. The van der Waals surface area contributed by atoms with Crippen molar-refractivity contribution in [1.82, 2.24) is 0 Å². The van der Waals surface area contributed by atoms with Crippen LogP contribution >= 0.6 is 0 Å². The highest BCUT2D eigenvalue weighted by molar-refractivity contribution is 6.05. The third-order valence-corrected chi connectivity index (χ3v) is 3.57. The molecule has 0 bridgehead atoms. The first-order chi connectivity index (χ1) is 10.5. The molecule has 0 unspecified atom stereocenters. The molecule has 3 N–H and O–H groups in total. The van der Waals surface area contributed by atoms with Crippen molar-refractivity contribution in [2.45, 2.75) is 12.2 Å². The third-order valence-electron chi connectivity index (χ3n) is 3.57. The van der Waals surface area contributed by atoms with E-state index >= 15 is 0 Å². The number of aliphatic hydroxyl groups is 1. The zero-order valence-electron chi connectivity index (χ0n) is 11.7. The molecule has 0 spiro atoms. The molecule has 0 radical (unpaired) electrons. The smallest absolute Gasteiger partial charge is 0.202 e. The summed E-state index contributed by atoms with van der Waals surface area (Å²) in [6, 6.07) is 8.98. The molecular formula is C16H14O6. The third kappa shape index (κ3) is 2.23. The fourth-order valence-corrected chi connectivity index (χ4v) is 2.46. The number of rotatable bonds is 2. The number of carbonyl (C=O) groups is 1. The summed E-state index contributed by atoms with van der Waals surface area (Å²) >= 11 is 0. The maximum atomic E-state index is 12.3. The second-order valence-electron chi connectivity index (χ2n) is 4.96. The van der Waals surface area contributed by atoms with Gasteiger partial charge in [-0.25, -0.2) is 0 Å². The summed E-state index contributed by atoms with van der Waals surface area (Å²) in [6.07, 6.45) is -2.37. The van der Waals surface area contributed by atoms with E-state index in [0.717, 1.165) is 6.07 Å². The van der Waals surface area contributed by atoms with Crippen LogP contribution in [0.5, 0.6) is 23.0 Å². The van der Waals surface area contributed by atoms with E-state index in [0.29, 0.717) is 11.3 Å². The van der Waals surface area contributed by atoms with Crippen LogP contribution in [-0.2, 0) is 0 Å². The van der Waals surface area contributed by atoms with E-state index in [1.54, 1.807) is 24.3 Å². The first-order valence-corrected chi connectivity index (χ1v) is 6.60. The van der Waals surface area contributed by atoms with Crippen LogP contribution in [0.3, 0.4) is 0 Å². The quantitative estimate of drug-likeness (QED) is 0.782. The van der Waals surface area contributed by atoms with E-state index in [-0.39, 0.29) is 17.1 Å². The molecule has 0 amide bonds. The highest BCUT2D eigenvalue weighted by Gasteiger charge is 2.39. The van der Waals surface area contributed by atoms with Crippen LogP contribution in [0, 0.1) is 0 Å². The van der Waals surface area contributed by atoms with Crippen LogP contribution in [0.25, 0.3) is 0 Å². The summed E-state index contributed by atoms with van der Waals surface area (Å²) < 4.78 is 10.7. The van der Waals surface area contributed by atoms with Gasteiger partial charge in [-0.05, 0) is 17.7 Å². The average molecular weight is 302 g/mol. The number of phenolic OH excluding ortho intramolecular Hbond substituents is 2. The summed E-state index contributed by atoms with van der Waals surface area (Å²) in [7, 11) is 1.53. The monoisotopic (exact) mass is 302 g/mol. The number of ether oxygens (including phenoxy) is 2. The van der Waals surface area contributed by atoms with E-state index in [9.17, 15) is 20.1 Å². The number of benzene rings is 2. The number of ketones is 1. The molecule has 1 aliphatic rings. The molecule has 6 nitrogen and oxygen atoms in total. The molecule has 0 saturated carbocycles.